The molecule has 40 heavy (non-hydrogen) atoms. The van der Waals surface area contributed by atoms with E-state index in [4.69, 9.17) is 19.7 Å². The lowest BCUT2D eigenvalue weighted by Crippen LogP contribution is -2.36. The first-order valence-corrected chi connectivity index (χ1v) is 11.9. The second kappa shape index (κ2) is 13.2. The third-order valence-corrected chi connectivity index (χ3v) is 5.85. The van der Waals surface area contributed by atoms with Gasteiger partial charge in [0, 0.05) is 26.2 Å². The smallest absolute Gasteiger partial charge is 0.351 e. The van der Waals surface area contributed by atoms with Crippen LogP contribution in [0.4, 0.5) is 11.6 Å². The highest BCUT2D eigenvalue weighted by Gasteiger charge is 2.44. The minimum Gasteiger partial charge on any atom is -0.394 e. The number of hydrogen-bond donors (Lipinski definition) is 8. The molecule has 8 N–H and O–H groups in total. The molecule has 0 aliphatic carbocycles. The van der Waals surface area contributed by atoms with Crippen molar-refractivity contribution in [3.63, 3.8) is 0 Å². The SMILES string of the molecule is CC(=O)Nc1ccn([C@@H]2O[C@H](CO)[C@@H](O)[C@H]2O)c(=O)n1.CC(=O)Nc1ccn([C@@H]2O[C@H](CO)[C@@H](O)[C@H]2O)c(=O)n1. The number of carbonyl (C=O) groups excluding carboxylic acids is 2. The minimum atomic E-state index is -1.36. The Morgan fingerprint density at radius 3 is 1.35 bits per heavy atom. The van der Waals surface area contributed by atoms with E-state index in [9.17, 15) is 39.6 Å². The Labute approximate surface area is 225 Å². The molecule has 0 saturated carbocycles. The Balaban J connectivity index is 0.000000220. The van der Waals surface area contributed by atoms with Crippen LogP contribution in [0.1, 0.15) is 26.3 Å². The van der Waals surface area contributed by atoms with Gasteiger partial charge in [0.05, 0.1) is 13.2 Å². The molecular formula is C22H30N6O12. The van der Waals surface area contributed by atoms with Crippen LogP contribution < -0.4 is 22.0 Å². The van der Waals surface area contributed by atoms with Crippen LogP contribution in [0.3, 0.4) is 0 Å². The summed E-state index contributed by atoms with van der Waals surface area (Å²) in [6.07, 6.45) is -7.01. The largest absolute Gasteiger partial charge is 0.394 e. The zero-order valence-corrected chi connectivity index (χ0v) is 21.3. The molecule has 220 valence electrons. The molecule has 2 fully saturated rings. The molecule has 2 amide bonds. The van der Waals surface area contributed by atoms with Crippen LogP contribution in [-0.2, 0) is 19.1 Å². The molecule has 0 unspecified atom stereocenters. The molecule has 0 bridgehead atoms. The predicted molar refractivity (Wildman–Crippen MR) is 132 cm³/mol. The molecule has 18 nitrogen and oxygen atoms in total. The molecule has 2 aliphatic heterocycles. The third-order valence-electron chi connectivity index (χ3n) is 5.85. The van der Waals surface area contributed by atoms with E-state index in [0.29, 0.717) is 0 Å². The van der Waals surface area contributed by atoms with Crippen LogP contribution in [0.25, 0.3) is 0 Å². The number of anilines is 2. The fourth-order valence-corrected chi connectivity index (χ4v) is 3.93. The highest BCUT2D eigenvalue weighted by molar-refractivity contribution is 5.87. The lowest BCUT2D eigenvalue weighted by molar-refractivity contribution is -0.115. The van der Waals surface area contributed by atoms with Crippen LogP contribution in [0, 0.1) is 0 Å². The van der Waals surface area contributed by atoms with E-state index in [1.165, 1.54) is 38.4 Å². The highest BCUT2D eigenvalue weighted by Crippen LogP contribution is 2.29. The van der Waals surface area contributed by atoms with E-state index in [-0.39, 0.29) is 23.5 Å². The summed E-state index contributed by atoms with van der Waals surface area (Å²) < 4.78 is 12.4. The van der Waals surface area contributed by atoms with Crippen molar-refractivity contribution in [2.24, 2.45) is 0 Å². The van der Waals surface area contributed by atoms with E-state index >= 15 is 0 Å². The fraction of sp³-hybridized carbons (Fsp3) is 0.545. The first-order valence-electron chi connectivity index (χ1n) is 11.9. The Morgan fingerprint density at radius 1 is 0.750 bits per heavy atom. The van der Waals surface area contributed by atoms with Gasteiger partial charge in [0.2, 0.25) is 11.8 Å². The van der Waals surface area contributed by atoms with Gasteiger partial charge in [-0.1, -0.05) is 0 Å². The number of aliphatic hydroxyl groups is 6. The quantitative estimate of drug-likeness (QED) is 0.163. The number of nitrogens with zero attached hydrogens (tertiary/aromatic N) is 4. The average molecular weight is 571 g/mol. The molecule has 4 rings (SSSR count). The Morgan fingerprint density at radius 2 is 1.10 bits per heavy atom. The van der Waals surface area contributed by atoms with Gasteiger partial charge in [-0.3, -0.25) is 18.7 Å². The number of amides is 2. The standard InChI is InChI=1S/2C11H15N3O6/c2*1-5(16)12-7-2-3-14(11(19)13-7)10-9(18)8(17)6(4-15)20-10/h2*2-3,6,8-10,15,17-18H,4H2,1H3,(H,12,13,16,19)/t2*6-,8-,9-,10-/m11/s1. The van der Waals surface area contributed by atoms with E-state index in [2.05, 4.69) is 20.6 Å². The van der Waals surface area contributed by atoms with E-state index in [0.717, 1.165) is 9.13 Å². The first kappa shape index (κ1) is 30.9. The van der Waals surface area contributed by atoms with Crippen LogP contribution in [0.5, 0.6) is 0 Å². The van der Waals surface area contributed by atoms with Crippen molar-refractivity contribution in [3.8, 4) is 0 Å². The summed E-state index contributed by atoms with van der Waals surface area (Å²) in [6, 6.07) is 2.72. The van der Waals surface area contributed by atoms with Crippen LogP contribution in [0.15, 0.2) is 34.1 Å². The lowest BCUT2D eigenvalue weighted by atomic mass is 10.1. The van der Waals surface area contributed by atoms with Gasteiger partial charge >= 0.3 is 11.4 Å². The number of nitrogens with one attached hydrogen (secondary N) is 2. The van der Waals surface area contributed by atoms with Crippen molar-refractivity contribution in [2.45, 2.75) is 62.9 Å². The summed E-state index contributed by atoms with van der Waals surface area (Å²) >= 11 is 0. The van der Waals surface area contributed by atoms with Crippen molar-refractivity contribution < 1.29 is 49.7 Å². The van der Waals surface area contributed by atoms with E-state index < -0.39 is 73.7 Å². The van der Waals surface area contributed by atoms with Crippen LogP contribution >= 0.6 is 0 Å². The molecule has 2 aliphatic rings. The molecule has 8 atom stereocenters. The van der Waals surface area contributed by atoms with Gasteiger partial charge in [-0.05, 0) is 12.1 Å². The van der Waals surface area contributed by atoms with Gasteiger partial charge in [0.25, 0.3) is 0 Å². The maximum absolute atomic E-state index is 11.8. The maximum atomic E-state index is 11.8. The first-order chi connectivity index (χ1) is 18.9. The summed E-state index contributed by atoms with van der Waals surface area (Å²) in [7, 11) is 0. The maximum Gasteiger partial charge on any atom is 0.351 e. The molecule has 0 spiro atoms. The fourth-order valence-electron chi connectivity index (χ4n) is 3.93. The summed E-state index contributed by atoms with van der Waals surface area (Å²) in [5, 5.41) is 61.5. The average Bonchev–Trinajstić information content (AvgIpc) is 3.33. The van der Waals surface area contributed by atoms with Gasteiger partial charge in [-0.2, -0.15) is 9.97 Å². The van der Waals surface area contributed by atoms with Crippen molar-refractivity contribution in [1.29, 1.82) is 0 Å². The summed E-state index contributed by atoms with van der Waals surface area (Å²) in [4.78, 5) is 52.6. The Hall–Kier alpha value is -3.62. The number of carbonyl (C=O) groups is 2. The zero-order valence-electron chi connectivity index (χ0n) is 21.3. The van der Waals surface area contributed by atoms with Crippen LogP contribution in [0.2, 0.25) is 0 Å². The van der Waals surface area contributed by atoms with Crippen molar-refractivity contribution in [1.82, 2.24) is 19.1 Å². The topological polar surface area (TPSA) is 268 Å². The third kappa shape index (κ3) is 6.92. The second-order valence-electron chi connectivity index (χ2n) is 8.83. The number of rotatable bonds is 6. The van der Waals surface area contributed by atoms with E-state index in [1.54, 1.807) is 0 Å². The van der Waals surface area contributed by atoms with Crippen molar-refractivity contribution in [2.75, 3.05) is 23.8 Å². The van der Waals surface area contributed by atoms with Gasteiger partial charge in [-0.15, -0.1) is 0 Å². The molecule has 2 aromatic heterocycles. The Kier molecular flexibility index (Phi) is 10.2. The number of aliphatic hydroxyl groups excluding tert-OH is 6. The normalized spacial score (nSPS) is 29.4. The van der Waals surface area contributed by atoms with Crippen molar-refractivity contribution >= 4 is 23.5 Å². The molecule has 2 aromatic rings. The monoisotopic (exact) mass is 570 g/mol. The molecule has 0 radical (unpaired) electrons. The van der Waals surface area contributed by atoms with Crippen LogP contribution in [-0.4, -0.2) is 111 Å². The van der Waals surface area contributed by atoms with Crippen molar-refractivity contribution in [3.05, 3.63) is 45.5 Å². The molecule has 2 saturated heterocycles. The molecule has 18 heteroatoms. The molecule has 0 aromatic carbocycles. The molecule has 4 heterocycles. The number of hydrogen-bond acceptors (Lipinski definition) is 14. The second-order valence-corrected chi connectivity index (χ2v) is 8.83. The summed E-state index contributed by atoms with van der Waals surface area (Å²) in [6.45, 7) is 1.58. The van der Waals surface area contributed by atoms with Gasteiger partial charge in [0.1, 0.15) is 48.3 Å². The van der Waals surface area contributed by atoms with Gasteiger partial charge in [-0.25, -0.2) is 9.59 Å². The predicted octanol–water partition coefficient (Wildman–Crippen LogP) is -4.37. The van der Waals surface area contributed by atoms with Gasteiger partial charge in [0.15, 0.2) is 12.5 Å². The molecular weight excluding hydrogens is 540 g/mol. The summed E-state index contributed by atoms with van der Waals surface area (Å²) in [5.74, 6) is -0.596. The minimum absolute atomic E-state index is 0.0745. The highest BCUT2D eigenvalue weighted by atomic mass is 16.6. The summed E-state index contributed by atoms with van der Waals surface area (Å²) in [5.41, 5.74) is -1.52. The zero-order chi connectivity index (χ0) is 29.7. The lowest BCUT2D eigenvalue weighted by Gasteiger charge is -2.17. The van der Waals surface area contributed by atoms with E-state index in [1.807, 2.05) is 0 Å². The number of ether oxygens (including phenoxy) is 2. The number of aromatic nitrogens is 4. The van der Waals surface area contributed by atoms with Gasteiger partial charge < -0.3 is 50.7 Å². The Bertz CT molecular complexity index is 1220.